The van der Waals surface area contributed by atoms with Crippen LogP contribution in [0, 0.1) is 5.92 Å². The van der Waals surface area contributed by atoms with Gasteiger partial charge in [-0.2, -0.15) is 0 Å². The summed E-state index contributed by atoms with van der Waals surface area (Å²) in [5, 5.41) is 0. The summed E-state index contributed by atoms with van der Waals surface area (Å²) >= 11 is 20.3. The van der Waals surface area contributed by atoms with Crippen LogP contribution >= 0.6 is 65.2 Å². The van der Waals surface area contributed by atoms with Gasteiger partial charge in [-0.05, 0) is 13.5 Å². The second kappa shape index (κ2) is 6.17. The van der Waals surface area contributed by atoms with E-state index in [0.717, 1.165) is 13.0 Å². The van der Waals surface area contributed by atoms with Gasteiger partial charge in [0.25, 0.3) is 0 Å². The first-order valence-corrected chi connectivity index (χ1v) is 9.12. The number of likely N-dealkylation sites (tertiary alicyclic amines) is 1. The van der Waals surface area contributed by atoms with Gasteiger partial charge in [0.15, 0.2) is 0 Å². The molecule has 1 saturated heterocycles. The number of rotatable bonds is 4. The Bertz CT molecular complexity index is 264. The molecule has 0 bridgehead atoms. The van der Waals surface area contributed by atoms with Gasteiger partial charge in [0.2, 0.25) is 3.79 Å². The lowest BCUT2D eigenvalue weighted by Gasteiger charge is -2.38. The van der Waals surface area contributed by atoms with Gasteiger partial charge in [-0.1, -0.05) is 40.9 Å². The summed E-state index contributed by atoms with van der Waals surface area (Å²) in [4.78, 5) is 2.11. The normalized spacial score (nSPS) is 31.9. The highest BCUT2D eigenvalue weighted by atomic mass is 127. The number of hydrogen-bond acceptors (Lipinski definition) is 3. The van der Waals surface area contributed by atoms with Crippen LogP contribution < -0.4 is 0 Å². The zero-order valence-corrected chi connectivity index (χ0v) is 14.0. The van der Waals surface area contributed by atoms with E-state index in [1.807, 2.05) is 34.3 Å². The van der Waals surface area contributed by atoms with E-state index < -0.39 is 9.39 Å². The van der Waals surface area contributed by atoms with E-state index >= 15 is 0 Å². The number of likely N-dealkylation sites (N-methyl/N-ethyl adjacent to an activating group) is 1. The smallest absolute Gasteiger partial charge is 0.221 e. The minimum Gasteiger partial charge on any atom is -0.303 e. The minimum atomic E-state index is -1.44. The number of nitrogens with zero attached hydrogens (tertiary/aromatic N) is 1. The Kier molecular flexibility index (Phi) is 6.04. The highest BCUT2D eigenvalue weighted by Crippen LogP contribution is 2.52. The molecule has 7 heteroatoms. The minimum absolute atomic E-state index is 0.143. The molecule has 1 rings (SSSR count). The van der Waals surface area contributed by atoms with Crippen LogP contribution in [-0.4, -0.2) is 34.4 Å². The van der Waals surface area contributed by atoms with Crippen LogP contribution in [-0.2, 0) is 4.18 Å². The van der Waals surface area contributed by atoms with Crippen LogP contribution in [0.15, 0.2) is 12.7 Å². The third-order valence-electron chi connectivity index (χ3n) is 2.81. The summed E-state index contributed by atoms with van der Waals surface area (Å²) in [6.45, 7) is 5.20. The van der Waals surface area contributed by atoms with E-state index in [2.05, 4.69) is 11.5 Å². The molecule has 2 atom stereocenters. The summed E-state index contributed by atoms with van der Waals surface area (Å²) < 4.78 is 4.27. The van der Waals surface area contributed by atoms with Crippen molar-refractivity contribution >= 4 is 65.2 Å². The zero-order valence-electron chi connectivity index (χ0n) is 8.76. The molecule has 0 spiro atoms. The zero-order chi connectivity index (χ0) is 12.4. The first-order chi connectivity index (χ1) is 7.37. The molecule has 0 amide bonds. The lowest BCUT2D eigenvalue weighted by Crippen LogP contribution is -2.50. The van der Waals surface area contributed by atoms with E-state index in [-0.39, 0.29) is 5.92 Å². The Hall–Kier alpha value is 1.61. The van der Waals surface area contributed by atoms with Crippen LogP contribution in [0.3, 0.4) is 0 Å². The Labute approximate surface area is 128 Å². The van der Waals surface area contributed by atoms with Crippen molar-refractivity contribution in [2.45, 2.75) is 15.8 Å². The molecule has 1 aliphatic rings. The molecule has 1 aliphatic heterocycles. The number of hydrogen-bond donors (Lipinski definition) is 0. The average Bonchev–Trinajstić information content (AvgIpc) is 2.44. The Morgan fingerprint density at radius 3 is 2.75 bits per heavy atom. The quantitative estimate of drug-likeness (QED) is 0.294. The van der Waals surface area contributed by atoms with Crippen LogP contribution in [0.1, 0.15) is 6.42 Å². The van der Waals surface area contributed by atoms with Crippen molar-refractivity contribution in [1.29, 1.82) is 0 Å². The fourth-order valence-corrected chi connectivity index (χ4v) is 4.39. The van der Waals surface area contributed by atoms with Crippen molar-refractivity contribution in [2.24, 2.45) is 5.92 Å². The van der Waals surface area contributed by atoms with Gasteiger partial charge in [-0.3, -0.25) is 4.18 Å². The van der Waals surface area contributed by atoms with E-state index in [0.29, 0.717) is 6.54 Å². The Morgan fingerprint density at radius 2 is 2.31 bits per heavy atom. The summed E-state index contributed by atoms with van der Waals surface area (Å²) in [7, 11) is 3.21. The van der Waals surface area contributed by atoms with Crippen molar-refractivity contribution in [3.05, 3.63) is 12.7 Å². The van der Waals surface area contributed by atoms with Crippen LogP contribution in [0.4, 0.5) is 0 Å². The highest BCUT2D eigenvalue weighted by molar-refractivity contribution is 14.2. The molecular formula is C9H13Cl3INOS. The van der Waals surface area contributed by atoms with Crippen molar-refractivity contribution in [3.8, 4) is 0 Å². The summed E-state index contributed by atoms with van der Waals surface area (Å²) in [6.07, 6.45) is 2.62. The summed E-state index contributed by atoms with van der Waals surface area (Å²) in [6, 6.07) is 0. The average molecular weight is 417 g/mol. The Balaban J connectivity index is 3.01. The lowest BCUT2D eigenvalue weighted by atomic mass is 9.89. The van der Waals surface area contributed by atoms with Gasteiger partial charge < -0.3 is 4.90 Å². The maximum atomic E-state index is 6.10. The van der Waals surface area contributed by atoms with E-state index in [9.17, 15) is 0 Å². The second-order valence-electron chi connectivity index (χ2n) is 3.95. The number of halogens is 4. The summed E-state index contributed by atoms with van der Waals surface area (Å²) in [5.74, 6) is 0.143. The number of allylic oxidation sites excluding steroid dienone is 1. The van der Waals surface area contributed by atoms with Crippen molar-refractivity contribution in [2.75, 3.05) is 20.1 Å². The van der Waals surface area contributed by atoms with Gasteiger partial charge in [-0.15, -0.1) is 6.58 Å². The molecule has 0 aromatic rings. The number of alkyl halides is 3. The van der Waals surface area contributed by atoms with Crippen LogP contribution in [0.25, 0.3) is 0 Å². The predicted molar refractivity (Wildman–Crippen MR) is 81.5 cm³/mol. The van der Waals surface area contributed by atoms with Gasteiger partial charge in [0, 0.05) is 40.2 Å². The summed E-state index contributed by atoms with van der Waals surface area (Å²) in [5.41, 5.74) is -0.771. The van der Waals surface area contributed by atoms with Crippen LogP contribution in [0.2, 0.25) is 0 Å². The van der Waals surface area contributed by atoms with E-state index in [1.54, 1.807) is 0 Å². The molecule has 2 nitrogen and oxygen atoms in total. The predicted octanol–water partition coefficient (Wildman–Crippen LogP) is 4.25. The maximum absolute atomic E-state index is 6.10. The highest BCUT2D eigenvalue weighted by Gasteiger charge is 2.59. The molecule has 94 valence electrons. The lowest BCUT2D eigenvalue weighted by molar-refractivity contribution is 0.0710. The molecule has 16 heavy (non-hydrogen) atoms. The molecule has 1 heterocycles. The second-order valence-corrected chi connectivity index (χ2v) is 7.60. The van der Waals surface area contributed by atoms with Crippen LogP contribution in [0.5, 0.6) is 0 Å². The van der Waals surface area contributed by atoms with E-state index in [4.69, 9.17) is 39.0 Å². The molecule has 1 unspecified atom stereocenters. The van der Waals surface area contributed by atoms with Crippen molar-refractivity contribution in [3.63, 3.8) is 0 Å². The van der Waals surface area contributed by atoms with Crippen molar-refractivity contribution < 1.29 is 4.18 Å². The molecule has 0 radical (unpaired) electrons. The topological polar surface area (TPSA) is 12.5 Å². The fourth-order valence-electron chi connectivity index (χ4n) is 2.10. The molecule has 0 aromatic carbocycles. The SMILES string of the molecule is C=CCC1CN(C)C[C@]1(OSI)C(Cl)(Cl)Cl. The first kappa shape index (κ1) is 15.7. The molecule has 0 aliphatic carbocycles. The monoisotopic (exact) mass is 415 g/mol. The molecule has 0 saturated carbocycles. The van der Waals surface area contributed by atoms with Gasteiger partial charge >= 0.3 is 0 Å². The third kappa shape index (κ3) is 3.13. The molecular weight excluding hydrogens is 403 g/mol. The van der Waals surface area contributed by atoms with Gasteiger partial charge in [0.1, 0.15) is 5.60 Å². The van der Waals surface area contributed by atoms with Crippen molar-refractivity contribution in [1.82, 2.24) is 4.90 Å². The molecule has 0 aromatic heterocycles. The van der Waals surface area contributed by atoms with Gasteiger partial charge in [0.05, 0.1) is 9.21 Å². The molecule has 1 fully saturated rings. The maximum Gasteiger partial charge on any atom is 0.221 e. The first-order valence-electron chi connectivity index (χ1n) is 4.70. The molecule has 0 N–H and O–H groups in total. The van der Waals surface area contributed by atoms with E-state index in [1.165, 1.54) is 9.21 Å². The fraction of sp³-hybridized carbons (Fsp3) is 0.778. The van der Waals surface area contributed by atoms with Gasteiger partial charge in [-0.25, -0.2) is 0 Å². The standard InChI is InChI=1S/C9H13Cl3INOS/c1-3-4-7-5-14(2)6-8(7,15-16-13)9(10,11)12/h3,7H,1,4-6H2,2H3/t7?,8-/m1/s1. The Morgan fingerprint density at radius 1 is 1.69 bits per heavy atom. The third-order valence-corrected chi connectivity index (χ3v) is 4.67. The largest absolute Gasteiger partial charge is 0.303 e.